The van der Waals surface area contributed by atoms with E-state index in [2.05, 4.69) is 46.2 Å². The monoisotopic (exact) mass is 624 g/mol. The fourth-order valence-electron chi connectivity index (χ4n) is 4.43. The highest BCUT2D eigenvalue weighted by atomic mass is 32.1. The average molecular weight is 625 g/mol. The molecule has 16 nitrogen and oxygen atoms in total. The number of hydrogen-bond acceptors (Lipinski definition) is 16. The van der Waals surface area contributed by atoms with Crippen LogP contribution in [0.1, 0.15) is 21.7 Å². The van der Waals surface area contributed by atoms with Gasteiger partial charge in [-0.25, -0.2) is 0 Å². The number of nitrogens with one attached hydrogen (secondary N) is 3. The number of aliphatic hydroxyl groups excluding tert-OH is 8. The van der Waals surface area contributed by atoms with Gasteiger partial charge in [-0.3, -0.25) is 19.9 Å². The third-order valence-corrected chi connectivity index (χ3v) is 7.48. The highest BCUT2D eigenvalue weighted by Crippen LogP contribution is 2.21. The van der Waals surface area contributed by atoms with Crippen molar-refractivity contribution in [3.8, 4) is 0 Å². The van der Waals surface area contributed by atoms with Gasteiger partial charge < -0.3 is 61.0 Å². The second-order valence-corrected chi connectivity index (χ2v) is 10.3. The maximum absolute atomic E-state index is 13.0. The van der Waals surface area contributed by atoms with Gasteiger partial charge in [0.1, 0.15) is 48.7 Å². The van der Waals surface area contributed by atoms with E-state index in [1.54, 1.807) is 0 Å². The summed E-state index contributed by atoms with van der Waals surface area (Å²) in [4.78, 5) is 30.2. The molecule has 41 heavy (non-hydrogen) atoms. The Morgan fingerprint density at radius 1 is 0.829 bits per heavy atom. The van der Waals surface area contributed by atoms with Crippen LogP contribution in [-0.4, -0.2) is 144 Å². The molecule has 2 saturated heterocycles. The molecule has 1 aromatic rings. The first kappa shape index (κ1) is 33.8. The van der Waals surface area contributed by atoms with E-state index in [1.807, 2.05) is 0 Å². The summed E-state index contributed by atoms with van der Waals surface area (Å²) in [5.74, 6) is -1.36. The molecule has 0 spiro atoms. The Bertz CT molecular complexity index is 1040. The van der Waals surface area contributed by atoms with Crippen LogP contribution in [-0.2, 0) is 26.6 Å². The number of aromatic nitrogens is 1. The molecule has 1 aromatic heterocycles. The van der Waals surface area contributed by atoms with Gasteiger partial charge in [-0.15, -0.1) is 0 Å². The average Bonchev–Trinajstić information content (AvgIpc) is 2.96. The summed E-state index contributed by atoms with van der Waals surface area (Å²) >= 11 is 8.35. The second-order valence-electron chi connectivity index (χ2n) is 9.60. The van der Waals surface area contributed by atoms with Crippen molar-refractivity contribution in [3.63, 3.8) is 0 Å². The Morgan fingerprint density at radius 2 is 1.34 bits per heavy atom. The maximum atomic E-state index is 13.0. The second kappa shape index (κ2) is 15.2. The SMILES string of the molecule is O=C(N[C@H]1C(O)[C@@H](O)C(CO)O[C@H]1O)c1cc(CS)nc(CNC(CS)C(=O)NC2[C@@H](O)C(O)C(CO)O[C@H]2O)c1. The predicted molar refractivity (Wildman–Crippen MR) is 145 cm³/mol. The van der Waals surface area contributed by atoms with Crippen molar-refractivity contribution in [1.82, 2.24) is 20.9 Å². The topological polar surface area (TPSA) is 263 Å². The lowest BCUT2D eigenvalue weighted by atomic mass is 9.96. The van der Waals surface area contributed by atoms with Gasteiger partial charge in [0.15, 0.2) is 12.6 Å². The van der Waals surface area contributed by atoms with Crippen molar-refractivity contribution in [3.05, 3.63) is 29.1 Å². The molecule has 0 bridgehead atoms. The molecule has 2 amide bonds. The molecule has 0 radical (unpaired) electrons. The lowest BCUT2D eigenvalue weighted by Gasteiger charge is -2.40. The highest BCUT2D eigenvalue weighted by molar-refractivity contribution is 7.80. The van der Waals surface area contributed by atoms with Crippen LogP contribution in [0, 0.1) is 0 Å². The van der Waals surface area contributed by atoms with E-state index < -0.39 is 92.4 Å². The van der Waals surface area contributed by atoms with E-state index in [9.17, 15) is 50.4 Å². The van der Waals surface area contributed by atoms with Crippen LogP contribution in [0.25, 0.3) is 0 Å². The highest BCUT2D eigenvalue weighted by Gasteiger charge is 2.45. The fraction of sp³-hybridized carbons (Fsp3) is 0.696. The molecular formula is C23H36N4O12S2. The number of ether oxygens (including phenoxy) is 2. The van der Waals surface area contributed by atoms with E-state index in [0.717, 1.165) is 0 Å². The molecule has 2 aliphatic rings. The number of rotatable bonds is 11. The lowest BCUT2D eigenvalue weighted by molar-refractivity contribution is -0.254. The van der Waals surface area contributed by atoms with Crippen LogP contribution in [0.15, 0.2) is 12.1 Å². The van der Waals surface area contributed by atoms with Crippen LogP contribution in [0.5, 0.6) is 0 Å². The molecule has 11 N–H and O–H groups in total. The van der Waals surface area contributed by atoms with Crippen LogP contribution in [0.2, 0.25) is 0 Å². The molecule has 0 saturated carbocycles. The fourth-order valence-corrected chi connectivity index (χ4v) is 4.88. The summed E-state index contributed by atoms with van der Waals surface area (Å²) in [6.45, 7) is -1.37. The number of amides is 2. The van der Waals surface area contributed by atoms with Crippen molar-refractivity contribution in [2.75, 3.05) is 19.0 Å². The van der Waals surface area contributed by atoms with Gasteiger partial charge in [0, 0.05) is 23.6 Å². The molecule has 11 atom stereocenters. The van der Waals surface area contributed by atoms with E-state index in [1.165, 1.54) is 12.1 Å². The number of carbonyl (C=O) groups excluding carboxylic acids is 2. The van der Waals surface area contributed by atoms with E-state index in [-0.39, 0.29) is 23.6 Å². The number of thiol groups is 2. The Hall–Kier alpha value is -1.65. The Kier molecular flexibility index (Phi) is 12.5. The predicted octanol–water partition coefficient (Wildman–Crippen LogP) is -5.65. The van der Waals surface area contributed by atoms with Crippen LogP contribution in [0.4, 0.5) is 0 Å². The third-order valence-electron chi connectivity index (χ3n) is 6.79. The first-order valence-electron chi connectivity index (χ1n) is 12.6. The molecule has 0 aliphatic carbocycles. The summed E-state index contributed by atoms with van der Waals surface area (Å²) in [6.07, 6.45) is -12.3. The summed E-state index contributed by atoms with van der Waals surface area (Å²) in [5, 5.41) is 87.1. The maximum Gasteiger partial charge on any atom is 0.251 e. The van der Waals surface area contributed by atoms with E-state index >= 15 is 0 Å². The number of carbonyl (C=O) groups is 2. The van der Waals surface area contributed by atoms with Crippen LogP contribution < -0.4 is 16.0 Å². The number of aliphatic hydroxyl groups is 8. The summed E-state index contributed by atoms with van der Waals surface area (Å²) in [7, 11) is 0. The van der Waals surface area contributed by atoms with Gasteiger partial charge in [0.2, 0.25) is 5.91 Å². The lowest BCUT2D eigenvalue weighted by Crippen LogP contribution is -2.65. The minimum atomic E-state index is -1.71. The summed E-state index contributed by atoms with van der Waals surface area (Å²) in [6, 6.07) is -0.999. The van der Waals surface area contributed by atoms with Crippen molar-refractivity contribution in [1.29, 1.82) is 0 Å². The number of hydrogen-bond donors (Lipinski definition) is 13. The number of pyridine rings is 1. The molecule has 18 heteroatoms. The molecule has 232 valence electrons. The smallest absolute Gasteiger partial charge is 0.251 e. The molecule has 2 fully saturated rings. The first-order chi connectivity index (χ1) is 19.4. The van der Waals surface area contributed by atoms with Crippen molar-refractivity contribution in [2.24, 2.45) is 0 Å². The largest absolute Gasteiger partial charge is 0.394 e. The molecule has 2 aliphatic heterocycles. The van der Waals surface area contributed by atoms with Crippen molar-refractivity contribution < 1.29 is 59.9 Å². The normalized spacial score (nSPS) is 34.6. The summed E-state index contributed by atoms with van der Waals surface area (Å²) in [5.41, 5.74) is 0.734. The quantitative estimate of drug-likeness (QED) is 0.102. The van der Waals surface area contributed by atoms with Gasteiger partial charge in [0.05, 0.1) is 30.6 Å². The Balaban J connectivity index is 1.66. The molecule has 3 heterocycles. The minimum absolute atomic E-state index is 0.0400. The van der Waals surface area contributed by atoms with Crippen LogP contribution >= 0.6 is 25.3 Å². The molecule has 0 aromatic carbocycles. The first-order valence-corrected chi connectivity index (χ1v) is 13.9. The van der Waals surface area contributed by atoms with E-state index in [4.69, 9.17) is 9.47 Å². The molecule has 6 unspecified atom stereocenters. The third kappa shape index (κ3) is 8.05. The zero-order chi connectivity index (χ0) is 30.4. The standard InChI is InChI=1S/C23H36N4O12S2/c28-4-12-16(30)18(32)14(22(36)38-12)26-20(34)8-1-9(25-10(2-8)6-40)3-24-11(7-41)21(35)27-15-19(33)17(31)13(5-29)39-23(15)37/h1-2,11-19,22-24,28-33,36-37,40-41H,3-7H2,(H,26,34)(H,27,35)/t11?,12?,13?,14-,15?,16-,17?,18?,19+,22+,23+/m0/s1. The number of nitrogens with zero attached hydrogens (tertiary/aromatic N) is 1. The Morgan fingerprint density at radius 3 is 1.83 bits per heavy atom. The Labute approximate surface area is 245 Å². The van der Waals surface area contributed by atoms with Gasteiger partial charge in [-0.1, -0.05) is 0 Å². The van der Waals surface area contributed by atoms with Crippen molar-refractivity contribution in [2.45, 2.75) is 79.6 Å². The zero-order valence-electron chi connectivity index (χ0n) is 21.6. The van der Waals surface area contributed by atoms with E-state index in [0.29, 0.717) is 11.4 Å². The molecular weight excluding hydrogens is 588 g/mol. The van der Waals surface area contributed by atoms with Crippen molar-refractivity contribution >= 4 is 37.1 Å². The van der Waals surface area contributed by atoms with Gasteiger partial charge >= 0.3 is 0 Å². The van der Waals surface area contributed by atoms with Gasteiger partial charge in [0.25, 0.3) is 5.91 Å². The molecule has 3 rings (SSSR count). The minimum Gasteiger partial charge on any atom is -0.394 e. The van der Waals surface area contributed by atoms with Crippen LogP contribution in [0.3, 0.4) is 0 Å². The van der Waals surface area contributed by atoms with Gasteiger partial charge in [-0.05, 0) is 12.1 Å². The van der Waals surface area contributed by atoms with Gasteiger partial charge in [-0.2, -0.15) is 25.3 Å². The zero-order valence-corrected chi connectivity index (χ0v) is 23.4. The summed E-state index contributed by atoms with van der Waals surface area (Å²) < 4.78 is 10.1.